The smallest absolute Gasteiger partial charge is 0.227 e. The third kappa shape index (κ3) is 5.17. The molecule has 0 unspecified atom stereocenters. The number of methoxy groups -OCH3 is 1. The van der Waals surface area contributed by atoms with Gasteiger partial charge in [-0.1, -0.05) is 26.0 Å². The van der Waals surface area contributed by atoms with Crippen molar-refractivity contribution in [3.8, 4) is 0 Å². The van der Waals surface area contributed by atoms with Gasteiger partial charge in [0.1, 0.15) is 0 Å². The first kappa shape index (κ1) is 17.1. The standard InChI is InChI=1S/C16H25NO2S/c1-4-14(5-2)17(10-11-19-3)16(18)12-13-6-8-15(20)9-7-13/h6-9,14,20H,4-5,10-12H2,1-3H3. The van der Waals surface area contributed by atoms with Gasteiger partial charge < -0.3 is 9.64 Å². The number of carbonyl (C=O) groups is 1. The van der Waals surface area contributed by atoms with Crippen molar-refractivity contribution in [2.75, 3.05) is 20.3 Å². The van der Waals surface area contributed by atoms with E-state index in [1.54, 1.807) is 7.11 Å². The summed E-state index contributed by atoms with van der Waals surface area (Å²) >= 11 is 4.26. The lowest BCUT2D eigenvalue weighted by molar-refractivity contribution is -0.133. The Balaban J connectivity index is 2.73. The summed E-state index contributed by atoms with van der Waals surface area (Å²) in [4.78, 5) is 15.4. The SMILES string of the molecule is CCC(CC)N(CCOC)C(=O)Cc1ccc(S)cc1. The minimum atomic E-state index is 0.169. The van der Waals surface area contributed by atoms with Gasteiger partial charge in [0.05, 0.1) is 13.0 Å². The maximum atomic E-state index is 12.5. The molecule has 1 aromatic rings. The molecule has 0 radical (unpaired) electrons. The maximum absolute atomic E-state index is 12.5. The third-order valence-corrected chi connectivity index (χ3v) is 3.83. The highest BCUT2D eigenvalue weighted by molar-refractivity contribution is 7.80. The quantitative estimate of drug-likeness (QED) is 0.746. The van der Waals surface area contributed by atoms with Crippen LogP contribution in [0.25, 0.3) is 0 Å². The summed E-state index contributed by atoms with van der Waals surface area (Å²) in [6, 6.07) is 8.05. The minimum Gasteiger partial charge on any atom is -0.383 e. The molecule has 0 saturated carbocycles. The third-order valence-electron chi connectivity index (χ3n) is 3.53. The molecule has 0 bridgehead atoms. The molecule has 20 heavy (non-hydrogen) atoms. The number of benzene rings is 1. The number of hydrogen-bond acceptors (Lipinski definition) is 3. The van der Waals surface area contributed by atoms with Gasteiger partial charge in [-0.2, -0.15) is 0 Å². The van der Waals surface area contributed by atoms with Gasteiger partial charge >= 0.3 is 0 Å². The van der Waals surface area contributed by atoms with Crippen LogP contribution < -0.4 is 0 Å². The lowest BCUT2D eigenvalue weighted by Crippen LogP contribution is -2.42. The van der Waals surface area contributed by atoms with Crippen molar-refractivity contribution < 1.29 is 9.53 Å². The van der Waals surface area contributed by atoms with Crippen molar-refractivity contribution in [2.24, 2.45) is 0 Å². The lowest BCUT2D eigenvalue weighted by Gasteiger charge is -2.30. The van der Waals surface area contributed by atoms with E-state index in [0.717, 1.165) is 23.3 Å². The van der Waals surface area contributed by atoms with Crippen LogP contribution in [-0.2, 0) is 16.0 Å². The number of rotatable bonds is 8. The lowest BCUT2D eigenvalue weighted by atomic mass is 10.1. The summed E-state index contributed by atoms with van der Waals surface area (Å²) in [6.45, 7) is 5.48. The average molecular weight is 295 g/mol. The van der Waals surface area contributed by atoms with Crippen LogP contribution in [-0.4, -0.2) is 37.1 Å². The van der Waals surface area contributed by atoms with Crippen molar-refractivity contribution in [3.05, 3.63) is 29.8 Å². The molecule has 1 aromatic carbocycles. The molecule has 1 rings (SSSR count). The first-order valence-corrected chi connectivity index (χ1v) is 7.63. The highest BCUT2D eigenvalue weighted by atomic mass is 32.1. The fraction of sp³-hybridized carbons (Fsp3) is 0.562. The fourth-order valence-corrected chi connectivity index (χ4v) is 2.47. The number of carbonyl (C=O) groups excluding carboxylic acids is 1. The Labute approximate surface area is 127 Å². The number of ether oxygens (including phenoxy) is 1. The minimum absolute atomic E-state index is 0.169. The number of amides is 1. The summed E-state index contributed by atoms with van der Waals surface area (Å²) in [5.74, 6) is 0.169. The van der Waals surface area contributed by atoms with Gasteiger partial charge in [-0.3, -0.25) is 4.79 Å². The Morgan fingerprint density at radius 2 is 1.85 bits per heavy atom. The van der Waals surface area contributed by atoms with Crippen LogP contribution in [0.15, 0.2) is 29.2 Å². The number of hydrogen-bond donors (Lipinski definition) is 1. The Morgan fingerprint density at radius 1 is 1.25 bits per heavy atom. The second kappa shape index (κ2) is 9.03. The molecular weight excluding hydrogens is 270 g/mol. The van der Waals surface area contributed by atoms with Crippen LogP contribution in [0.3, 0.4) is 0 Å². The number of thiol groups is 1. The van der Waals surface area contributed by atoms with Crippen LogP contribution >= 0.6 is 12.6 Å². The topological polar surface area (TPSA) is 29.5 Å². The van der Waals surface area contributed by atoms with Crippen molar-refractivity contribution in [3.63, 3.8) is 0 Å². The first-order valence-electron chi connectivity index (χ1n) is 7.18. The maximum Gasteiger partial charge on any atom is 0.227 e. The van der Waals surface area contributed by atoms with Crippen LogP contribution in [0, 0.1) is 0 Å². The molecule has 0 aliphatic carbocycles. The zero-order valence-corrected chi connectivity index (χ0v) is 13.5. The van der Waals surface area contributed by atoms with Crippen molar-refractivity contribution in [1.29, 1.82) is 0 Å². The molecule has 0 aliphatic heterocycles. The summed E-state index contributed by atoms with van der Waals surface area (Å²) in [5.41, 5.74) is 1.03. The summed E-state index contributed by atoms with van der Waals surface area (Å²) in [7, 11) is 1.67. The van der Waals surface area contributed by atoms with Crippen LogP contribution in [0.2, 0.25) is 0 Å². The van der Waals surface area contributed by atoms with Gasteiger partial charge in [0, 0.05) is 24.6 Å². The monoisotopic (exact) mass is 295 g/mol. The van der Waals surface area contributed by atoms with E-state index < -0.39 is 0 Å². The highest BCUT2D eigenvalue weighted by Crippen LogP contribution is 2.13. The average Bonchev–Trinajstić information content (AvgIpc) is 2.45. The van der Waals surface area contributed by atoms with Crippen molar-refractivity contribution in [2.45, 2.75) is 44.0 Å². The predicted octanol–water partition coefficient (Wildman–Crippen LogP) is 3.18. The predicted molar refractivity (Wildman–Crippen MR) is 85.4 cm³/mol. The molecule has 0 saturated heterocycles. The molecule has 0 fully saturated rings. The van der Waals surface area contributed by atoms with Crippen LogP contribution in [0.4, 0.5) is 0 Å². The molecule has 112 valence electrons. The molecule has 0 aromatic heterocycles. The van der Waals surface area contributed by atoms with Gasteiger partial charge in [0.2, 0.25) is 5.91 Å². The summed E-state index contributed by atoms with van der Waals surface area (Å²) < 4.78 is 5.12. The molecule has 0 N–H and O–H groups in total. The Hall–Kier alpha value is -1.00. The van der Waals surface area contributed by atoms with Gasteiger partial charge in [-0.25, -0.2) is 0 Å². The van der Waals surface area contributed by atoms with E-state index in [1.807, 2.05) is 29.2 Å². The summed E-state index contributed by atoms with van der Waals surface area (Å²) in [5, 5.41) is 0. The van der Waals surface area contributed by atoms with E-state index in [9.17, 15) is 4.79 Å². The zero-order valence-electron chi connectivity index (χ0n) is 12.6. The van der Waals surface area contributed by atoms with E-state index in [1.165, 1.54) is 0 Å². The van der Waals surface area contributed by atoms with E-state index in [4.69, 9.17) is 4.74 Å². The van der Waals surface area contributed by atoms with Crippen molar-refractivity contribution in [1.82, 2.24) is 4.90 Å². The normalized spacial score (nSPS) is 10.8. The van der Waals surface area contributed by atoms with Crippen molar-refractivity contribution >= 4 is 18.5 Å². The van der Waals surface area contributed by atoms with Crippen LogP contribution in [0.1, 0.15) is 32.3 Å². The number of nitrogens with zero attached hydrogens (tertiary/aromatic N) is 1. The molecule has 1 amide bonds. The Kier molecular flexibility index (Phi) is 7.70. The van der Waals surface area contributed by atoms with Crippen LogP contribution in [0.5, 0.6) is 0 Å². The zero-order chi connectivity index (χ0) is 15.0. The second-order valence-corrected chi connectivity index (χ2v) is 5.41. The van der Waals surface area contributed by atoms with E-state index in [2.05, 4.69) is 26.5 Å². The first-order chi connectivity index (χ1) is 9.62. The molecule has 0 atom stereocenters. The molecule has 3 nitrogen and oxygen atoms in total. The largest absolute Gasteiger partial charge is 0.383 e. The molecular formula is C16H25NO2S. The van der Waals surface area contributed by atoms with Gasteiger partial charge in [0.15, 0.2) is 0 Å². The molecule has 4 heteroatoms. The summed E-state index contributed by atoms with van der Waals surface area (Å²) in [6.07, 6.45) is 2.39. The molecule has 0 heterocycles. The van der Waals surface area contributed by atoms with Gasteiger partial charge in [-0.05, 0) is 30.5 Å². The fourth-order valence-electron chi connectivity index (χ4n) is 2.32. The van der Waals surface area contributed by atoms with Gasteiger partial charge in [-0.15, -0.1) is 12.6 Å². The molecule has 0 spiro atoms. The Bertz CT molecular complexity index is 401. The van der Waals surface area contributed by atoms with E-state index in [-0.39, 0.29) is 5.91 Å². The second-order valence-electron chi connectivity index (χ2n) is 4.89. The Morgan fingerprint density at radius 3 is 2.35 bits per heavy atom. The van der Waals surface area contributed by atoms with E-state index in [0.29, 0.717) is 25.6 Å². The van der Waals surface area contributed by atoms with Gasteiger partial charge in [0.25, 0.3) is 0 Å². The molecule has 0 aliphatic rings. The van der Waals surface area contributed by atoms with E-state index >= 15 is 0 Å². The highest BCUT2D eigenvalue weighted by Gasteiger charge is 2.20.